The van der Waals surface area contributed by atoms with Crippen LogP contribution in [0.25, 0.3) is 0 Å². The molecule has 0 radical (unpaired) electrons. The topological polar surface area (TPSA) is 80.9 Å². The van der Waals surface area contributed by atoms with E-state index in [0.717, 1.165) is 0 Å². The zero-order valence-electron chi connectivity index (χ0n) is 5.51. The van der Waals surface area contributed by atoms with Crippen molar-refractivity contribution in [3.05, 3.63) is 0 Å². The summed E-state index contributed by atoms with van der Waals surface area (Å²) in [6.45, 7) is 0. The molecular formula is C4H10B2O4. The van der Waals surface area contributed by atoms with Crippen LogP contribution in [0.4, 0.5) is 0 Å². The lowest BCUT2D eigenvalue weighted by Crippen LogP contribution is -2.39. The Bertz CT molecular complexity index is 104. The third-order valence-electron chi connectivity index (χ3n) is 2.15. The molecule has 1 aliphatic carbocycles. The first-order chi connectivity index (χ1) is 4.63. The van der Waals surface area contributed by atoms with Crippen molar-refractivity contribution in [2.75, 3.05) is 0 Å². The van der Waals surface area contributed by atoms with Crippen LogP contribution in [0.5, 0.6) is 0 Å². The van der Waals surface area contributed by atoms with E-state index in [9.17, 15) is 0 Å². The van der Waals surface area contributed by atoms with Gasteiger partial charge in [-0.1, -0.05) is 12.8 Å². The van der Waals surface area contributed by atoms with Gasteiger partial charge in [-0.05, 0) is 11.6 Å². The van der Waals surface area contributed by atoms with Crippen LogP contribution in [-0.2, 0) is 0 Å². The van der Waals surface area contributed by atoms with Gasteiger partial charge in [0.15, 0.2) is 0 Å². The fraction of sp³-hybridized carbons (Fsp3) is 1.00. The van der Waals surface area contributed by atoms with E-state index < -0.39 is 14.2 Å². The zero-order chi connectivity index (χ0) is 7.72. The van der Waals surface area contributed by atoms with Crippen LogP contribution in [-0.4, -0.2) is 34.3 Å². The Hall–Kier alpha value is -0.0301. The highest BCUT2D eigenvalue weighted by molar-refractivity contribution is 6.51. The van der Waals surface area contributed by atoms with Gasteiger partial charge in [-0.15, -0.1) is 0 Å². The van der Waals surface area contributed by atoms with Crippen molar-refractivity contribution < 1.29 is 20.1 Å². The second-order valence-electron chi connectivity index (χ2n) is 2.73. The molecule has 4 nitrogen and oxygen atoms in total. The van der Waals surface area contributed by atoms with Crippen LogP contribution in [0.3, 0.4) is 0 Å². The van der Waals surface area contributed by atoms with E-state index in [0.29, 0.717) is 12.8 Å². The lowest BCUT2D eigenvalue weighted by atomic mass is 9.44. The lowest BCUT2D eigenvalue weighted by molar-refractivity contribution is 0.290. The SMILES string of the molecule is OB(O)C1CCC1B(O)O. The second-order valence-corrected chi connectivity index (χ2v) is 2.73. The maximum Gasteiger partial charge on any atom is 0.454 e. The molecule has 1 saturated carbocycles. The second kappa shape index (κ2) is 2.92. The molecule has 0 aliphatic heterocycles. The van der Waals surface area contributed by atoms with Gasteiger partial charge in [0.1, 0.15) is 0 Å². The van der Waals surface area contributed by atoms with E-state index in [1.807, 2.05) is 0 Å². The largest absolute Gasteiger partial charge is 0.454 e. The maximum absolute atomic E-state index is 8.62. The minimum absolute atomic E-state index is 0.347. The van der Waals surface area contributed by atoms with Crippen LogP contribution in [0.1, 0.15) is 12.8 Å². The van der Waals surface area contributed by atoms with Crippen LogP contribution in [0, 0.1) is 0 Å². The molecule has 0 bridgehead atoms. The minimum atomic E-state index is -1.40. The highest BCUT2D eigenvalue weighted by Gasteiger charge is 2.45. The van der Waals surface area contributed by atoms with Crippen LogP contribution >= 0.6 is 0 Å². The number of hydrogen-bond acceptors (Lipinski definition) is 4. The molecule has 0 aromatic heterocycles. The summed E-state index contributed by atoms with van der Waals surface area (Å²) in [4.78, 5) is 0. The summed E-state index contributed by atoms with van der Waals surface area (Å²) in [6.07, 6.45) is 1.33. The minimum Gasteiger partial charge on any atom is -0.427 e. The van der Waals surface area contributed by atoms with Crippen molar-refractivity contribution in [3.63, 3.8) is 0 Å². The molecule has 2 unspecified atom stereocenters. The zero-order valence-corrected chi connectivity index (χ0v) is 5.51. The summed E-state index contributed by atoms with van der Waals surface area (Å²) >= 11 is 0. The first kappa shape index (κ1) is 8.07. The van der Waals surface area contributed by atoms with Gasteiger partial charge in [0.05, 0.1) is 0 Å². The molecule has 0 spiro atoms. The molecule has 56 valence electrons. The summed E-state index contributed by atoms with van der Waals surface area (Å²) in [5.74, 6) is -0.694. The standard InChI is InChI=1S/C4H10B2O4/c7-5(8)3-1-2-4(3)6(9)10/h3-4,7-10H,1-2H2. The third kappa shape index (κ3) is 1.34. The van der Waals surface area contributed by atoms with Crippen molar-refractivity contribution in [1.82, 2.24) is 0 Å². The molecule has 0 amide bonds. The van der Waals surface area contributed by atoms with E-state index >= 15 is 0 Å². The smallest absolute Gasteiger partial charge is 0.427 e. The third-order valence-corrected chi connectivity index (χ3v) is 2.15. The average Bonchev–Trinajstić information content (AvgIpc) is 1.56. The highest BCUT2D eigenvalue weighted by Crippen LogP contribution is 2.46. The monoisotopic (exact) mass is 144 g/mol. The molecule has 4 N–H and O–H groups in total. The number of hydrogen-bond donors (Lipinski definition) is 4. The van der Waals surface area contributed by atoms with Crippen molar-refractivity contribution in [3.8, 4) is 0 Å². The predicted octanol–water partition coefficient (Wildman–Crippen LogP) is -1.53. The van der Waals surface area contributed by atoms with E-state index in [4.69, 9.17) is 20.1 Å². The fourth-order valence-corrected chi connectivity index (χ4v) is 1.29. The van der Waals surface area contributed by atoms with Crippen LogP contribution in [0.2, 0.25) is 11.6 Å². The molecule has 0 aromatic carbocycles. The lowest BCUT2D eigenvalue weighted by Gasteiger charge is -2.35. The first-order valence-electron chi connectivity index (χ1n) is 3.35. The fourth-order valence-electron chi connectivity index (χ4n) is 1.29. The van der Waals surface area contributed by atoms with E-state index in [-0.39, 0.29) is 11.6 Å². The summed E-state index contributed by atoms with van der Waals surface area (Å²) < 4.78 is 0. The number of rotatable bonds is 2. The van der Waals surface area contributed by atoms with Crippen molar-refractivity contribution in [2.24, 2.45) is 0 Å². The van der Waals surface area contributed by atoms with Crippen molar-refractivity contribution in [1.29, 1.82) is 0 Å². The molecule has 0 saturated heterocycles. The Morgan fingerprint density at radius 1 is 0.800 bits per heavy atom. The Labute approximate surface area is 59.8 Å². The molecule has 0 aromatic rings. The van der Waals surface area contributed by atoms with Gasteiger partial charge in [0.2, 0.25) is 0 Å². The molecule has 10 heavy (non-hydrogen) atoms. The summed E-state index contributed by atoms with van der Waals surface area (Å²) in [6, 6.07) is 0. The molecule has 6 heteroatoms. The Morgan fingerprint density at radius 2 is 1.10 bits per heavy atom. The van der Waals surface area contributed by atoms with Crippen LogP contribution in [0.15, 0.2) is 0 Å². The van der Waals surface area contributed by atoms with E-state index in [1.165, 1.54) is 0 Å². The Balaban J connectivity index is 2.36. The quantitative estimate of drug-likeness (QED) is 0.354. The maximum atomic E-state index is 8.62. The summed E-state index contributed by atoms with van der Waals surface area (Å²) in [5, 5.41) is 34.5. The highest BCUT2D eigenvalue weighted by atomic mass is 16.4. The summed E-state index contributed by atoms with van der Waals surface area (Å²) in [5.41, 5.74) is 0. The molecular weight excluding hydrogens is 134 g/mol. The summed E-state index contributed by atoms with van der Waals surface area (Å²) in [7, 11) is -2.80. The molecule has 1 rings (SSSR count). The normalized spacial score (nSPS) is 31.2. The van der Waals surface area contributed by atoms with E-state index in [2.05, 4.69) is 0 Å². The molecule has 1 fully saturated rings. The molecule has 0 heterocycles. The van der Waals surface area contributed by atoms with Crippen LogP contribution < -0.4 is 0 Å². The Morgan fingerprint density at radius 3 is 1.20 bits per heavy atom. The van der Waals surface area contributed by atoms with Crippen molar-refractivity contribution in [2.45, 2.75) is 24.5 Å². The van der Waals surface area contributed by atoms with Gasteiger partial charge in [0, 0.05) is 0 Å². The van der Waals surface area contributed by atoms with Gasteiger partial charge in [-0.3, -0.25) is 0 Å². The van der Waals surface area contributed by atoms with Gasteiger partial charge < -0.3 is 20.1 Å². The first-order valence-corrected chi connectivity index (χ1v) is 3.35. The molecule has 1 aliphatic rings. The predicted molar refractivity (Wildman–Crippen MR) is 37.1 cm³/mol. The van der Waals surface area contributed by atoms with Gasteiger partial charge in [-0.2, -0.15) is 0 Å². The van der Waals surface area contributed by atoms with E-state index in [1.54, 1.807) is 0 Å². The Kier molecular flexibility index (Phi) is 2.36. The van der Waals surface area contributed by atoms with Gasteiger partial charge >= 0.3 is 14.2 Å². The van der Waals surface area contributed by atoms with Gasteiger partial charge in [0.25, 0.3) is 0 Å². The van der Waals surface area contributed by atoms with Crippen molar-refractivity contribution >= 4 is 14.2 Å². The van der Waals surface area contributed by atoms with Gasteiger partial charge in [-0.25, -0.2) is 0 Å². The molecule has 2 atom stereocenters. The average molecular weight is 144 g/mol.